The van der Waals surface area contributed by atoms with Gasteiger partial charge in [0.2, 0.25) is 0 Å². The summed E-state index contributed by atoms with van der Waals surface area (Å²) in [5.74, 6) is 1.13. The predicted octanol–water partition coefficient (Wildman–Crippen LogP) is 3.88. The normalized spacial score (nSPS) is 10.7. The van der Waals surface area contributed by atoms with E-state index in [-0.39, 0.29) is 12.4 Å². The van der Waals surface area contributed by atoms with Crippen LogP contribution in [0.25, 0.3) is 11.1 Å². The van der Waals surface area contributed by atoms with Gasteiger partial charge in [0, 0.05) is 12.8 Å². The summed E-state index contributed by atoms with van der Waals surface area (Å²) >= 11 is 1.60. The zero-order valence-electron chi connectivity index (χ0n) is 14.9. The Morgan fingerprint density at radius 1 is 1.04 bits per heavy atom. The quantitative estimate of drug-likeness (QED) is 0.468. The summed E-state index contributed by atoms with van der Waals surface area (Å²) in [6.07, 6.45) is 0.143. The van der Waals surface area contributed by atoms with Crippen molar-refractivity contribution >= 4 is 17.7 Å². The first kappa shape index (κ1) is 18.2. The van der Waals surface area contributed by atoms with E-state index in [4.69, 9.17) is 4.74 Å². The van der Waals surface area contributed by atoms with Crippen LogP contribution in [0.3, 0.4) is 0 Å². The van der Waals surface area contributed by atoms with Crippen LogP contribution in [0.15, 0.2) is 59.8 Å². The van der Waals surface area contributed by atoms with E-state index in [0.29, 0.717) is 12.4 Å². The molecule has 134 valence electrons. The van der Waals surface area contributed by atoms with Crippen molar-refractivity contribution in [2.45, 2.75) is 24.3 Å². The number of nitrogens with zero attached hydrogens (tertiary/aromatic N) is 3. The molecule has 0 amide bonds. The Bertz CT molecular complexity index is 861. The molecule has 0 fully saturated rings. The topological polar surface area (TPSA) is 57.0 Å². The number of hydrogen-bond donors (Lipinski definition) is 0. The van der Waals surface area contributed by atoms with Gasteiger partial charge < -0.3 is 9.30 Å². The fourth-order valence-electron chi connectivity index (χ4n) is 2.54. The van der Waals surface area contributed by atoms with E-state index in [0.717, 1.165) is 10.9 Å². The third kappa shape index (κ3) is 4.52. The zero-order chi connectivity index (χ0) is 18.4. The van der Waals surface area contributed by atoms with E-state index in [9.17, 15) is 4.79 Å². The Labute approximate surface area is 157 Å². The van der Waals surface area contributed by atoms with Gasteiger partial charge >= 0.3 is 5.97 Å². The first-order chi connectivity index (χ1) is 12.7. The van der Waals surface area contributed by atoms with Crippen molar-refractivity contribution in [1.82, 2.24) is 14.8 Å². The molecule has 3 rings (SSSR count). The smallest absolute Gasteiger partial charge is 0.313 e. The van der Waals surface area contributed by atoms with Crippen LogP contribution in [0, 0.1) is 0 Å². The van der Waals surface area contributed by atoms with Crippen LogP contribution in [-0.2, 0) is 28.8 Å². The van der Waals surface area contributed by atoms with E-state index in [1.165, 1.54) is 16.7 Å². The van der Waals surface area contributed by atoms with Crippen molar-refractivity contribution in [3.63, 3.8) is 0 Å². The summed E-state index contributed by atoms with van der Waals surface area (Å²) in [4.78, 5) is 11.6. The lowest BCUT2D eigenvalue weighted by Gasteiger charge is -2.05. The third-order valence-electron chi connectivity index (χ3n) is 3.96. The summed E-state index contributed by atoms with van der Waals surface area (Å²) < 4.78 is 6.81. The van der Waals surface area contributed by atoms with Crippen LogP contribution < -0.4 is 0 Å². The average Bonchev–Trinajstić information content (AvgIpc) is 3.01. The van der Waals surface area contributed by atoms with Crippen molar-refractivity contribution in [2.24, 2.45) is 7.05 Å². The zero-order valence-corrected chi connectivity index (χ0v) is 15.7. The highest BCUT2D eigenvalue weighted by Crippen LogP contribution is 2.24. The minimum atomic E-state index is -0.281. The first-order valence-corrected chi connectivity index (χ1v) is 9.47. The molecule has 2 aromatic carbocycles. The van der Waals surface area contributed by atoms with Crippen molar-refractivity contribution in [2.75, 3.05) is 6.61 Å². The van der Waals surface area contributed by atoms with Gasteiger partial charge in [-0.25, -0.2) is 0 Å². The molecular formula is C20H21N3O2S. The number of carbonyl (C=O) groups is 1. The molecule has 0 radical (unpaired) electrons. The molecule has 1 heterocycles. The SMILES string of the molecule is CCOC(=O)Cc1nnc(SCc2ccc(-c3ccccc3)cc2)n1C. The summed E-state index contributed by atoms with van der Waals surface area (Å²) in [6.45, 7) is 2.16. The molecule has 0 aliphatic rings. The van der Waals surface area contributed by atoms with E-state index < -0.39 is 0 Å². The summed E-state index contributed by atoms with van der Waals surface area (Å²) in [7, 11) is 1.87. The molecule has 0 saturated heterocycles. The number of thioether (sulfide) groups is 1. The Hall–Kier alpha value is -2.60. The van der Waals surface area contributed by atoms with Gasteiger partial charge in [-0.2, -0.15) is 0 Å². The minimum absolute atomic E-state index is 0.143. The molecule has 1 aromatic heterocycles. The molecule has 0 unspecified atom stereocenters. The van der Waals surface area contributed by atoms with Gasteiger partial charge in [-0.1, -0.05) is 66.4 Å². The summed E-state index contributed by atoms with van der Waals surface area (Å²) in [6, 6.07) is 18.8. The molecule has 26 heavy (non-hydrogen) atoms. The second kappa shape index (κ2) is 8.67. The van der Waals surface area contributed by atoms with Crippen molar-refractivity contribution < 1.29 is 9.53 Å². The molecule has 0 atom stereocenters. The first-order valence-electron chi connectivity index (χ1n) is 8.48. The van der Waals surface area contributed by atoms with Gasteiger partial charge in [-0.05, 0) is 23.6 Å². The third-order valence-corrected chi connectivity index (χ3v) is 5.05. The van der Waals surface area contributed by atoms with Crippen molar-refractivity contribution in [3.05, 3.63) is 66.0 Å². The monoisotopic (exact) mass is 367 g/mol. The van der Waals surface area contributed by atoms with Gasteiger partial charge in [-0.15, -0.1) is 10.2 Å². The summed E-state index contributed by atoms with van der Waals surface area (Å²) in [5, 5.41) is 9.06. The molecular weight excluding hydrogens is 346 g/mol. The van der Waals surface area contributed by atoms with Gasteiger partial charge in [0.25, 0.3) is 0 Å². The lowest BCUT2D eigenvalue weighted by molar-refractivity contribution is -0.142. The minimum Gasteiger partial charge on any atom is -0.466 e. The maximum atomic E-state index is 11.6. The van der Waals surface area contributed by atoms with Crippen LogP contribution in [-0.4, -0.2) is 27.3 Å². The largest absolute Gasteiger partial charge is 0.466 e. The molecule has 0 aliphatic carbocycles. The standard InChI is InChI=1S/C20H21N3O2S/c1-3-25-19(24)13-18-21-22-20(23(18)2)26-14-15-9-11-17(12-10-15)16-7-5-4-6-8-16/h4-12H,3,13-14H2,1-2H3. The van der Waals surface area contributed by atoms with Crippen LogP contribution in [0.4, 0.5) is 0 Å². The van der Waals surface area contributed by atoms with Gasteiger partial charge in [0.1, 0.15) is 12.2 Å². The second-order valence-electron chi connectivity index (χ2n) is 5.79. The summed E-state index contributed by atoms with van der Waals surface area (Å²) in [5.41, 5.74) is 3.63. The number of carbonyl (C=O) groups excluding carboxylic acids is 1. The number of aromatic nitrogens is 3. The average molecular weight is 367 g/mol. The van der Waals surface area contributed by atoms with Crippen LogP contribution >= 0.6 is 11.8 Å². The Balaban J connectivity index is 1.61. The Morgan fingerprint density at radius 2 is 1.73 bits per heavy atom. The van der Waals surface area contributed by atoms with Gasteiger partial charge in [0.15, 0.2) is 5.16 Å². The van der Waals surface area contributed by atoms with Crippen molar-refractivity contribution in [1.29, 1.82) is 0 Å². The molecule has 5 nitrogen and oxygen atoms in total. The molecule has 6 heteroatoms. The van der Waals surface area contributed by atoms with E-state index >= 15 is 0 Å². The Kier molecular flexibility index (Phi) is 6.07. The second-order valence-corrected chi connectivity index (χ2v) is 6.73. The molecule has 0 saturated carbocycles. The van der Waals surface area contributed by atoms with E-state index in [1.54, 1.807) is 18.7 Å². The number of esters is 1. The highest BCUT2D eigenvalue weighted by molar-refractivity contribution is 7.98. The molecule has 0 spiro atoms. The lowest BCUT2D eigenvalue weighted by atomic mass is 10.0. The predicted molar refractivity (Wildman–Crippen MR) is 103 cm³/mol. The number of benzene rings is 2. The number of ether oxygens (including phenoxy) is 1. The van der Waals surface area contributed by atoms with Crippen molar-refractivity contribution in [3.8, 4) is 11.1 Å². The molecule has 0 N–H and O–H groups in total. The highest BCUT2D eigenvalue weighted by atomic mass is 32.2. The number of rotatable bonds is 7. The maximum absolute atomic E-state index is 11.6. The van der Waals surface area contributed by atoms with E-state index in [2.05, 4.69) is 46.6 Å². The fraction of sp³-hybridized carbons (Fsp3) is 0.250. The number of hydrogen-bond acceptors (Lipinski definition) is 5. The maximum Gasteiger partial charge on any atom is 0.313 e. The lowest BCUT2D eigenvalue weighted by Crippen LogP contribution is -2.11. The van der Waals surface area contributed by atoms with Crippen LogP contribution in [0.1, 0.15) is 18.3 Å². The fourth-order valence-corrected chi connectivity index (χ4v) is 3.42. The van der Waals surface area contributed by atoms with Gasteiger partial charge in [0.05, 0.1) is 6.61 Å². The van der Waals surface area contributed by atoms with Crippen LogP contribution in [0.5, 0.6) is 0 Å². The van der Waals surface area contributed by atoms with Gasteiger partial charge in [-0.3, -0.25) is 4.79 Å². The Morgan fingerprint density at radius 3 is 2.42 bits per heavy atom. The van der Waals surface area contributed by atoms with E-state index in [1.807, 2.05) is 29.8 Å². The molecule has 3 aromatic rings. The van der Waals surface area contributed by atoms with Crippen LogP contribution in [0.2, 0.25) is 0 Å². The highest BCUT2D eigenvalue weighted by Gasteiger charge is 2.13. The molecule has 0 bridgehead atoms. The molecule has 0 aliphatic heterocycles.